The Morgan fingerprint density at radius 2 is 1.92 bits per heavy atom. The summed E-state index contributed by atoms with van der Waals surface area (Å²) in [4.78, 5) is 0. The number of unbranched alkanes of at least 4 members (excludes halogenated alkanes) is 3. The second kappa shape index (κ2) is 9.54. The van der Waals surface area contributed by atoms with Gasteiger partial charge in [-0.25, -0.2) is 0 Å². The average Bonchev–Trinajstić information content (AvgIpc) is 2.17. The van der Waals surface area contributed by atoms with E-state index in [2.05, 4.69) is 13.0 Å². The van der Waals surface area contributed by atoms with E-state index in [4.69, 9.17) is 10.00 Å². The highest BCUT2D eigenvalue weighted by Gasteiger charge is 2.05. The van der Waals surface area contributed by atoms with Crippen LogP contribution in [-0.2, 0) is 4.74 Å². The Kier molecular flexibility index (Phi) is 9.13. The molecule has 0 aliphatic heterocycles. The van der Waals surface area contributed by atoms with Crippen molar-refractivity contribution in [2.75, 3.05) is 7.11 Å². The van der Waals surface area contributed by atoms with Crippen LogP contribution >= 0.6 is 0 Å². The third-order valence-corrected chi connectivity index (χ3v) is 2.28. The molecule has 13 heavy (non-hydrogen) atoms. The van der Waals surface area contributed by atoms with E-state index < -0.39 is 0 Å². The van der Waals surface area contributed by atoms with Crippen LogP contribution in [0.25, 0.3) is 0 Å². The van der Waals surface area contributed by atoms with E-state index in [0.717, 1.165) is 19.3 Å². The molecule has 0 rings (SSSR count). The smallest absolute Gasteiger partial charge is 0.0621 e. The van der Waals surface area contributed by atoms with Crippen molar-refractivity contribution in [3.8, 4) is 6.07 Å². The van der Waals surface area contributed by atoms with Gasteiger partial charge in [-0.15, -0.1) is 0 Å². The van der Waals surface area contributed by atoms with Crippen LogP contribution in [0.3, 0.4) is 0 Å². The zero-order valence-electron chi connectivity index (χ0n) is 8.88. The van der Waals surface area contributed by atoms with E-state index in [0.29, 0.717) is 12.5 Å². The topological polar surface area (TPSA) is 33.0 Å². The summed E-state index contributed by atoms with van der Waals surface area (Å²) in [5.41, 5.74) is 0. The van der Waals surface area contributed by atoms with Gasteiger partial charge >= 0.3 is 0 Å². The van der Waals surface area contributed by atoms with Gasteiger partial charge in [-0.05, 0) is 25.7 Å². The number of rotatable bonds is 8. The fraction of sp³-hybridized carbons (Fsp3) is 0.909. The lowest BCUT2D eigenvalue weighted by Crippen LogP contribution is -2.09. The van der Waals surface area contributed by atoms with Crippen LogP contribution < -0.4 is 0 Å². The van der Waals surface area contributed by atoms with Crippen molar-refractivity contribution in [1.82, 2.24) is 0 Å². The zero-order valence-corrected chi connectivity index (χ0v) is 8.88. The summed E-state index contributed by atoms with van der Waals surface area (Å²) >= 11 is 0. The van der Waals surface area contributed by atoms with Crippen molar-refractivity contribution in [3.05, 3.63) is 0 Å². The minimum atomic E-state index is 0.415. The lowest BCUT2D eigenvalue weighted by Gasteiger charge is -2.13. The SMILES string of the molecule is CCCCC(CCCCC#N)OC. The summed E-state index contributed by atoms with van der Waals surface area (Å²) in [5, 5.41) is 8.35. The molecule has 0 spiro atoms. The summed E-state index contributed by atoms with van der Waals surface area (Å²) in [6.07, 6.45) is 7.99. The molecule has 76 valence electrons. The molecule has 0 saturated heterocycles. The maximum absolute atomic E-state index is 8.35. The molecule has 0 aromatic heterocycles. The largest absolute Gasteiger partial charge is 0.381 e. The van der Waals surface area contributed by atoms with Crippen LogP contribution in [-0.4, -0.2) is 13.2 Å². The Bertz CT molecular complexity index is 140. The van der Waals surface area contributed by atoms with Crippen LogP contribution in [0.5, 0.6) is 0 Å². The van der Waals surface area contributed by atoms with Gasteiger partial charge in [0.2, 0.25) is 0 Å². The molecular formula is C11H21NO. The van der Waals surface area contributed by atoms with Gasteiger partial charge in [0.25, 0.3) is 0 Å². The summed E-state index contributed by atoms with van der Waals surface area (Å²) in [6.45, 7) is 2.20. The van der Waals surface area contributed by atoms with Crippen LogP contribution in [0.2, 0.25) is 0 Å². The number of hydrogen-bond donors (Lipinski definition) is 0. The predicted molar refractivity (Wildman–Crippen MR) is 54.4 cm³/mol. The maximum atomic E-state index is 8.35. The Hall–Kier alpha value is -0.550. The lowest BCUT2D eigenvalue weighted by atomic mass is 10.1. The van der Waals surface area contributed by atoms with Crippen LogP contribution in [0.15, 0.2) is 0 Å². The highest BCUT2D eigenvalue weighted by Crippen LogP contribution is 2.12. The van der Waals surface area contributed by atoms with Crippen LogP contribution in [0, 0.1) is 11.3 Å². The first-order valence-electron chi connectivity index (χ1n) is 5.24. The van der Waals surface area contributed by atoms with Gasteiger partial charge in [0.05, 0.1) is 12.2 Å². The first kappa shape index (κ1) is 12.4. The number of nitriles is 1. The summed E-state index contributed by atoms with van der Waals surface area (Å²) in [5.74, 6) is 0. The molecule has 0 aliphatic rings. The van der Waals surface area contributed by atoms with E-state index in [1.165, 1.54) is 19.3 Å². The lowest BCUT2D eigenvalue weighted by molar-refractivity contribution is 0.0839. The zero-order chi connectivity index (χ0) is 9.94. The predicted octanol–water partition coefficient (Wildman–Crippen LogP) is 3.28. The average molecular weight is 183 g/mol. The summed E-state index contributed by atoms with van der Waals surface area (Å²) < 4.78 is 5.35. The summed E-state index contributed by atoms with van der Waals surface area (Å²) in [6, 6.07) is 2.16. The molecule has 0 radical (unpaired) electrons. The molecule has 2 nitrogen and oxygen atoms in total. The van der Waals surface area contributed by atoms with Gasteiger partial charge < -0.3 is 4.74 Å². The molecule has 0 fully saturated rings. The molecule has 0 N–H and O–H groups in total. The standard InChI is InChI=1S/C11H21NO/c1-3-4-8-11(13-2)9-6-5-7-10-12/h11H,3-9H2,1-2H3. The van der Waals surface area contributed by atoms with Crippen LogP contribution in [0.1, 0.15) is 51.9 Å². The van der Waals surface area contributed by atoms with Crippen LogP contribution in [0.4, 0.5) is 0 Å². The second-order valence-corrected chi connectivity index (χ2v) is 3.40. The van der Waals surface area contributed by atoms with E-state index in [9.17, 15) is 0 Å². The quantitative estimate of drug-likeness (QED) is 0.541. The number of nitrogens with zero attached hydrogens (tertiary/aromatic N) is 1. The first-order chi connectivity index (χ1) is 6.35. The van der Waals surface area contributed by atoms with Gasteiger partial charge in [-0.3, -0.25) is 0 Å². The van der Waals surface area contributed by atoms with Gasteiger partial charge in [-0.1, -0.05) is 19.8 Å². The third-order valence-electron chi connectivity index (χ3n) is 2.28. The van der Waals surface area contributed by atoms with Crippen molar-refractivity contribution in [1.29, 1.82) is 5.26 Å². The Morgan fingerprint density at radius 3 is 2.46 bits per heavy atom. The van der Waals surface area contributed by atoms with Gasteiger partial charge in [0.15, 0.2) is 0 Å². The molecular weight excluding hydrogens is 162 g/mol. The highest BCUT2D eigenvalue weighted by atomic mass is 16.5. The number of hydrogen-bond acceptors (Lipinski definition) is 2. The van der Waals surface area contributed by atoms with Crippen molar-refractivity contribution in [2.24, 2.45) is 0 Å². The van der Waals surface area contributed by atoms with E-state index in [1.54, 1.807) is 7.11 Å². The maximum Gasteiger partial charge on any atom is 0.0621 e. The van der Waals surface area contributed by atoms with E-state index in [1.807, 2.05) is 0 Å². The Labute approximate surface area is 81.9 Å². The Balaban J connectivity index is 3.32. The molecule has 0 aromatic rings. The molecule has 0 amide bonds. The molecule has 2 heteroatoms. The molecule has 0 saturated carbocycles. The fourth-order valence-corrected chi connectivity index (χ4v) is 1.39. The molecule has 1 unspecified atom stereocenters. The number of ether oxygens (including phenoxy) is 1. The molecule has 0 heterocycles. The van der Waals surface area contributed by atoms with E-state index in [-0.39, 0.29) is 0 Å². The number of methoxy groups -OCH3 is 1. The molecule has 0 aromatic carbocycles. The minimum absolute atomic E-state index is 0.415. The molecule has 1 atom stereocenters. The Morgan fingerprint density at radius 1 is 1.23 bits per heavy atom. The molecule has 0 aliphatic carbocycles. The van der Waals surface area contributed by atoms with Crippen molar-refractivity contribution in [2.45, 2.75) is 58.0 Å². The van der Waals surface area contributed by atoms with Crippen molar-refractivity contribution < 1.29 is 4.74 Å². The summed E-state index contributed by atoms with van der Waals surface area (Å²) in [7, 11) is 1.78. The molecule has 0 bridgehead atoms. The highest BCUT2D eigenvalue weighted by molar-refractivity contribution is 4.69. The van der Waals surface area contributed by atoms with Gasteiger partial charge in [0, 0.05) is 13.5 Å². The normalized spacial score (nSPS) is 12.4. The van der Waals surface area contributed by atoms with E-state index >= 15 is 0 Å². The third kappa shape index (κ3) is 7.80. The second-order valence-electron chi connectivity index (χ2n) is 3.40. The first-order valence-corrected chi connectivity index (χ1v) is 5.24. The van der Waals surface area contributed by atoms with Gasteiger partial charge in [-0.2, -0.15) is 5.26 Å². The fourth-order valence-electron chi connectivity index (χ4n) is 1.39. The van der Waals surface area contributed by atoms with Crippen molar-refractivity contribution in [3.63, 3.8) is 0 Å². The monoisotopic (exact) mass is 183 g/mol. The van der Waals surface area contributed by atoms with Gasteiger partial charge in [0.1, 0.15) is 0 Å². The van der Waals surface area contributed by atoms with Crippen molar-refractivity contribution >= 4 is 0 Å². The minimum Gasteiger partial charge on any atom is -0.381 e.